The van der Waals surface area contributed by atoms with E-state index < -0.39 is 0 Å². The summed E-state index contributed by atoms with van der Waals surface area (Å²) in [6, 6.07) is 8.02. The number of rotatable bonds is 7. The molecule has 1 aromatic heterocycles. The van der Waals surface area contributed by atoms with Crippen molar-refractivity contribution >= 4 is 22.6 Å². The molecule has 1 heterocycles. The monoisotopic (exact) mass is 307 g/mol. The van der Waals surface area contributed by atoms with Gasteiger partial charge in [-0.25, -0.2) is 0 Å². The highest BCUT2D eigenvalue weighted by Crippen LogP contribution is 2.41. The van der Waals surface area contributed by atoms with Crippen LogP contribution in [0.15, 0.2) is 28.7 Å². The van der Waals surface area contributed by atoms with Crippen LogP contribution in [0.2, 0.25) is 5.02 Å². The molecular weight excluding hydrogens is 286 g/mol. The fourth-order valence-corrected chi connectivity index (χ4v) is 3.14. The van der Waals surface area contributed by atoms with E-state index in [-0.39, 0.29) is 12.1 Å². The quantitative estimate of drug-likeness (QED) is 0.814. The third kappa shape index (κ3) is 3.10. The topological polar surface area (TPSA) is 34.4 Å². The Morgan fingerprint density at radius 3 is 2.81 bits per heavy atom. The van der Waals surface area contributed by atoms with Crippen LogP contribution in [0.25, 0.3) is 11.0 Å². The molecule has 2 aromatic rings. The maximum absolute atomic E-state index is 6.22. The predicted octanol–water partition coefficient (Wildman–Crippen LogP) is 4.55. The normalized spacial score (nSPS) is 18.0. The number of hydrogen-bond acceptors (Lipinski definition) is 3. The van der Waals surface area contributed by atoms with Gasteiger partial charge in [0.05, 0.1) is 17.2 Å². The molecule has 1 saturated carbocycles. The van der Waals surface area contributed by atoms with Crippen molar-refractivity contribution in [2.45, 2.75) is 38.8 Å². The standard InChI is InChI=1S/C17H22ClNO2/c1-3-19-15(17(20-4-2)11-8-9-11)14-10-12-6-5-7-13(18)16(12)21-14/h5-7,10-11,15,17,19H,3-4,8-9H2,1-2H3. The molecule has 0 saturated heterocycles. The maximum atomic E-state index is 6.22. The van der Waals surface area contributed by atoms with Crippen LogP contribution in [0, 0.1) is 5.92 Å². The molecule has 0 aliphatic heterocycles. The van der Waals surface area contributed by atoms with Gasteiger partial charge in [-0.2, -0.15) is 0 Å². The third-order valence-corrected chi connectivity index (χ3v) is 4.32. The molecule has 3 nitrogen and oxygen atoms in total. The molecule has 0 bridgehead atoms. The van der Waals surface area contributed by atoms with Crippen molar-refractivity contribution in [3.63, 3.8) is 0 Å². The summed E-state index contributed by atoms with van der Waals surface area (Å²) in [6.07, 6.45) is 2.66. The van der Waals surface area contributed by atoms with Crippen LogP contribution in [0.1, 0.15) is 38.5 Å². The maximum Gasteiger partial charge on any atom is 0.152 e. The van der Waals surface area contributed by atoms with Crippen LogP contribution >= 0.6 is 11.6 Å². The number of para-hydroxylation sites is 1. The highest BCUT2D eigenvalue weighted by molar-refractivity contribution is 6.34. The molecule has 0 radical (unpaired) electrons. The van der Waals surface area contributed by atoms with Gasteiger partial charge in [-0.15, -0.1) is 0 Å². The van der Waals surface area contributed by atoms with E-state index in [1.807, 2.05) is 25.1 Å². The van der Waals surface area contributed by atoms with Crippen LogP contribution in [-0.4, -0.2) is 19.3 Å². The van der Waals surface area contributed by atoms with Crippen molar-refractivity contribution in [1.82, 2.24) is 5.32 Å². The molecule has 3 rings (SSSR count). The van der Waals surface area contributed by atoms with Crippen molar-refractivity contribution < 1.29 is 9.15 Å². The van der Waals surface area contributed by atoms with Gasteiger partial charge in [0.25, 0.3) is 0 Å². The number of nitrogens with one attached hydrogen (secondary N) is 1. The highest BCUT2D eigenvalue weighted by atomic mass is 35.5. The van der Waals surface area contributed by atoms with Gasteiger partial charge in [0.15, 0.2) is 5.58 Å². The lowest BCUT2D eigenvalue weighted by Gasteiger charge is -2.26. The predicted molar refractivity (Wildman–Crippen MR) is 85.8 cm³/mol. The third-order valence-electron chi connectivity index (χ3n) is 4.02. The average Bonchev–Trinajstić information content (AvgIpc) is 3.22. The van der Waals surface area contributed by atoms with Crippen molar-refractivity contribution in [2.24, 2.45) is 5.92 Å². The fraction of sp³-hybridized carbons (Fsp3) is 0.529. The van der Waals surface area contributed by atoms with Gasteiger partial charge >= 0.3 is 0 Å². The molecule has 114 valence electrons. The Morgan fingerprint density at radius 1 is 1.38 bits per heavy atom. The molecule has 1 aliphatic carbocycles. The van der Waals surface area contributed by atoms with E-state index in [4.69, 9.17) is 20.8 Å². The molecule has 1 fully saturated rings. The summed E-state index contributed by atoms with van der Waals surface area (Å²) in [5.41, 5.74) is 0.767. The lowest BCUT2D eigenvalue weighted by atomic mass is 10.0. The number of fused-ring (bicyclic) bond motifs is 1. The smallest absolute Gasteiger partial charge is 0.152 e. The first kappa shape index (κ1) is 14.9. The minimum absolute atomic E-state index is 0.0888. The van der Waals surface area contributed by atoms with Crippen molar-refractivity contribution in [2.75, 3.05) is 13.2 Å². The molecule has 4 heteroatoms. The van der Waals surface area contributed by atoms with Gasteiger partial charge in [0.1, 0.15) is 5.76 Å². The second kappa shape index (κ2) is 6.39. The Labute approximate surface area is 130 Å². The first-order valence-electron chi connectivity index (χ1n) is 7.77. The molecule has 0 spiro atoms. The molecule has 2 atom stereocenters. The summed E-state index contributed by atoms with van der Waals surface area (Å²) >= 11 is 6.22. The summed E-state index contributed by atoms with van der Waals surface area (Å²) in [4.78, 5) is 0. The Morgan fingerprint density at radius 2 is 2.19 bits per heavy atom. The van der Waals surface area contributed by atoms with Crippen LogP contribution in [-0.2, 0) is 4.74 Å². The Bertz CT molecular complexity index is 606. The second-order valence-electron chi connectivity index (χ2n) is 5.60. The molecule has 1 N–H and O–H groups in total. The van der Waals surface area contributed by atoms with E-state index in [0.717, 1.165) is 29.9 Å². The largest absolute Gasteiger partial charge is 0.458 e. The van der Waals surface area contributed by atoms with Crippen LogP contribution < -0.4 is 5.32 Å². The minimum Gasteiger partial charge on any atom is -0.458 e. The average molecular weight is 308 g/mol. The SMILES string of the molecule is CCNC(c1cc2cccc(Cl)c2o1)C(OCC)C1CC1. The Kier molecular flexibility index (Phi) is 4.53. The summed E-state index contributed by atoms with van der Waals surface area (Å²) < 4.78 is 12.1. The van der Waals surface area contributed by atoms with Crippen LogP contribution in [0.4, 0.5) is 0 Å². The zero-order valence-corrected chi connectivity index (χ0v) is 13.3. The number of ether oxygens (including phenoxy) is 1. The van der Waals surface area contributed by atoms with E-state index in [1.165, 1.54) is 12.8 Å². The summed E-state index contributed by atoms with van der Waals surface area (Å²) in [7, 11) is 0. The van der Waals surface area contributed by atoms with Gasteiger partial charge in [0.2, 0.25) is 0 Å². The fourth-order valence-electron chi connectivity index (χ4n) is 2.92. The number of hydrogen-bond donors (Lipinski definition) is 1. The second-order valence-corrected chi connectivity index (χ2v) is 6.01. The van der Waals surface area contributed by atoms with Crippen LogP contribution in [0.5, 0.6) is 0 Å². The Balaban J connectivity index is 1.95. The molecule has 0 amide bonds. The molecule has 1 aliphatic rings. The first-order chi connectivity index (χ1) is 10.2. The number of halogens is 1. The number of benzene rings is 1. The van der Waals surface area contributed by atoms with Gasteiger partial charge < -0.3 is 14.5 Å². The Hall–Kier alpha value is -1.03. The van der Waals surface area contributed by atoms with E-state index in [0.29, 0.717) is 10.9 Å². The van der Waals surface area contributed by atoms with Gasteiger partial charge in [-0.3, -0.25) is 0 Å². The lowest BCUT2D eigenvalue weighted by molar-refractivity contribution is 0.0140. The van der Waals surface area contributed by atoms with E-state index in [1.54, 1.807) is 0 Å². The van der Waals surface area contributed by atoms with Crippen molar-refractivity contribution in [3.05, 3.63) is 35.0 Å². The molecular formula is C17H22ClNO2. The van der Waals surface area contributed by atoms with Crippen molar-refractivity contribution in [3.8, 4) is 0 Å². The summed E-state index contributed by atoms with van der Waals surface area (Å²) in [5.74, 6) is 1.56. The zero-order chi connectivity index (χ0) is 14.8. The molecule has 1 aromatic carbocycles. The highest BCUT2D eigenvalue weighted by Gasteiger charge is 2.39. The van der Waals surface area contributed by atoms with Gasteiger partial charge in [-0.1, -0.05) is 30.7 Å². The van der Waals surface area contributed by atoms with Gasteiger partial charge in [0, 0.05) is 12.0 Å². The number of likely N-dealkylation sites (N-methyl/N-ethyl adjacent to an activating group) is 1. The van der Waals surface area contributed by atoms with Crippen LogP contribution in [0.3, 0.4) is 0 Å². The minimum atomic E-state index is 0.0888. The van der Waals surface area contributed by atoms with E-state index >= 15 is 0 Å². The zero-order valence-electron chi connectivity index (χ0n) is 12.6. The first-order valence-corrected chi connectivity index (χ1v) is 8.15. The lowest BCUT2D eigenvalue weighted by Crippen LogP contribution is -2.35. The number of furan rings is 1. The molecule has 2 unspecified atom stereocenters. The summed E-state index contributed by atoms with van der Waals surface area (Å²) in [6.45, 7) is 5.77. The molecule has 21 heavy (non-hydrogen) atoms. The van der Waals surface area contributed by atoms with E-state index in [9.17, 15) is 0 Å². The van der Waals surface area contributed by atoms with Crippen molar-refractivity contribution in [1.29, 1.82) is 0 Å². The van der Waals surface area contributed by atoms with E-state index in [2.05, 4.69) is 18.3 Å². The van der Waals surface area contributed by atoms with Gasteiger partial charge in [-0.05, 0) is 44.4 Å². The summed E-state index contributed by atoms with van der Waals surface area (Å²) in [5, 5.41) is 5.23.